The molecule has 3 heteroatoms. The number of furan rings is 1. The number of ketones is 1. The molecule has 1 saturated heterocycles. The minimum absolute atomic E-state index is 0.203. The van der Waals surface area contributed by atoms with Gasteiger partial charge >= 0.3 is 0 Å². The van der Waals surface area contributed by atoms with Crippen molar-refractivity contribution in [3.8, 4) is 0 Å². The monoisotopic (exact) mass is 207 g/mol. The molecule has 3 nitrogen and oxygen atoms in total. The Labute approximate surface area is 89.9 Å². The highest BCUT2D eigenvalue weighted by atomic mass is 16.3. The molecule has 0 amide bonds. The molecule has 0 saturated carbocycles. The number of hydrogen-bond acceptors (Lipinski definition) is 3. The van der Waals surface area contributed by atoms with E-state index in [2.05, 4.69) is 5.32 Å². The van der Waals surface area contributed by atoms with Crippen LogP contribution in [0.2, 0.25) is 0 Å². The Morgan fingerprint density at radius 3 is 3.13 bits per heavy atom. The second kappa shape index (κ2) is 4.19. The van der Waals surface area contributed by atoms with Gasteiger partial charge in [-0.05, 0) is 31.5 Å². The lowest BCUT2D eigenvalue weighted by Gasteiger charge is -2.32. The van der Waals surface area contributed by atoms with Crippen molar-refractivity contribution in [2.24, 2.45) is 5.41 Å². The zero-order valence-corrected chi connectivity index (χ0v) is 9.08. The summed E-state index contributed by atoms with van der Waals surface area (Å²) < 4.78 is 5.20. The molecule has 1 unspecified atom stereocenters. The van der Waals surface area contributed by atoms with Gasteiger partial charge < -0.3 is 9.73 Å². The second-order valence-electron chi connectivity index (χ2n) is 4.52. The zero-order valence-electron chi connectivity index (χ0n) is 9.08. The van der Waals surface area contributed by atoms with Gasteiger partial charge in [-0.1, -0.05) is 6.92 Å². The fraction of sp³-hybridized carbons (Fsp3) is 0.583. The van der Waals surface area contributed by atoms with E-state index in [-0.39, 0.29) is 11.2 Å². The lowest BCUT2D eigenvalue weighted by atomic mass is 9.77. The number of rotatable bonds is 3. The first kappa shape index (κ1) is 10.4. The van der Waals surface area contributed by atoms with Crippen LogP contribution in [0.15, 0.2) is 22.8 Å². The maximum Gasteiger partial charge on any atom is 0.147 e. The van der Waals surface area contributed by atoms with Gasteiger partial charge in [0, 0.05) is 12.0 Å². The number of piperidine rings is 1. The Morgan fingerprint density at radius 2 is 2.53 bits per heavy atom. The molecule has 0 radical (unpaired) electrons. The number of nitrogens with one attached hydrogen (secondary N) is 1. The molecule has 0 aliphatic carbocycles. The normalized spacial score (nSPS) is 26.5. The predicted molar refractivity (Wildman–Crippen MR) is 57.6 cm³/mol. The van der Waals surface area contributed by atoms with E-state index in [4.69, 9.17) is 4.42 Å². The van der Waals surface area contributed by atoms with E-state index in [1.807, 2.05) is 19.1 Å². The molecule has 1 aliphatic rings. The van der Waals surface area contributed by atoms with Gasteiger partial charge in [-0.3, -0.25) is 4.79 Å². The van der Waals surface area contributed by atoms with Crippen LogP contribution in [-0.4, -0.2) is 18.9 Å². The summed E-state index contributed by atoms with van der Waals surface area (Å²) in [5.74, 6) is 1.05. The van der Waals surface area contributed by atoms with Gasteiger partial charge in [0.1, 0.15) is 11.5 Å². The van der Waals surface area contributed by atoms with E-state index >= 15 is 0 Å². The largest absolute Gasteiger partial charge is 0.469 e. The SMILES string of the molecule is CC1(C(=O)Cc2ccco2)CCCNC1. The molecule has 0 aromatic carbocycles. The lowest BCUT2D eigenvalue weighted by molar-refractivity contribution is -0.128. The van der Waals surface area contributed by atoms with Crippen molar-refractivity contribution < 1.29 is 9.21 Å². The minimum Gasteiger partial charge on any atom is -0.469 e. The molecular formula is C12H17NO2. The van der Waals surface area contributed by atoms with Crippen LogP contribution in [0, 0.1) is 5.41 Å². The molecule has 1 fully saturated rings. The van der Waals surface area contributed by atoms with Gasteiger partial charge in [-0.25, -0.2) is 0 Å². The third-order valence-electron chi connectivity index (χ3n) is 3.19. The van der Waals surface area contributed by atoms with Crippen LogP contribution in [0.1, 0.15) is 25.5 Å². The third-order valence-corrected chi connectivity index (χ3v) is 3.19. The molecule has 1 aromatic heterocycles. The standard InChI is InChI=1S/C12H17NO2/c1-12(5-3-6-13-9-12)11(14)8-10-4-2-7-15-10/h2,4,7,13H,3,5-6,8-9H2,1H3. The van der Waals surface area contributed by atoms with Crippen LogP contribution in [0.5, 0.6) is 0 Å². The van der Waals surface area contributed by atoms with E-state index in [0.717, 1.165) is 31.7 Å². The van der Waals surface area contributed by atoms with Crippen molar-refractivity contribution in [3.05, 3.63) is 24.2 Å². The van der Waals surface area contributed by atoms with Gasteiger partial charge in [0.05, 0.1) is 12.7 Å². The van der Waals surface area contributed by atoms with Gasteiger partial charge in [0.25, 0.3) is 0 Å². The van der Waals surface area contributed by atoms with E-state index in [1.54, 1.807) is 6.26 Å². The summed E-state index contributed by atoms with van der Waals surface area (Å²) in [7, 11) is 0. The second-order valence-corrected chi connectivity index (χ2v) is 4.52. The smallest absolute Gasteiger partial charge is 0.147 e. The van der Waals surface area contributed by atoms with Crippen LogP contribution in [0.25, 0.3) is 0 Å². The van der Waals surface area contributed by atoms with Gasteiger partial charge in [0.15, 0.2) is 0 Å². The third kappa shape index (κ3) is 2.29. The topological polar surface area (TPSA) is 42.2 Å². The Balaban J connectivity index is 2.00. The van der Waals surface area contributed by atoms with Gasteiger partial charge in [-0.2, -0.15) is 0 Å². The molecule has 1 N–H and O–H groups in total. The first-order chi connectivity index (χ1) is 7.21. The van der Waals surface area contributed by atoms with Crippen molar-refractivity contribution in [3.63, 3.8) is 0 Å². The van der Waals surface area contributed by atoms with E-state index in [9.17, 15) is 4.79 Å². The van der Waals surface area contributed by atoms with Crippen LogP contribution in [-0.2, 0) is 11.2 Å². The first-order valence-corrected chi connectivity index (χ1v) is 5.47. The number of carbonyl (C=O) groups is 1. The molecular weight excluding hydrogens is 190 g/mol. The van der Waals surface area contributed by atoms with Gasteiger partial charge in [0.2, 0.25) is 0 Å². The lowest BCUT2D eigenvalue weighted by Crippen LogP contribution is -2.44. The number of carbonyl (C=O) groups excluding carboxylic acids is 1. The van der Waals surface area contributed by atoms with Crippen molar-refractivity contribution in [1.82, 2.24) is 5.32 Å². The average molecular weight is 207 g/mol. The minimum atomic E-state index is -0.203. The summed E-state index contributed by atoms with van der Waals surface area (Å²) in [5.41, 5.74) is -0.203. The highest BCUT2D eigenvalue weighted by Gasteiger charge is 2.34. The fourth-order valence-electron chi connectivity index (χ4n) is 2.08. The fourth-order valence-corrected chi connectivity index (χ4v) is 2.08. The molecule has 2 heterocycles. The van der Waals surface area contributed by atoms with Crippen LogP contribution < -0.4 is 5.32 Å². The van der Waals surface area contributed by atoms with Crippen molar-refractivity contribution in [2.45, 2.75) is 26.2 Å². The van der Waals surface area contributed by atoms with Crippen molar-refractivity contribution >= 4 is 5.78 Å². The summed E-state index contributed by atoms with van der Waals surface area (Å²) in [5, 5.41) is 3.28. The summed E-state index contributed by atoms with van der Waals surface area (Å²) in [6.45, 7) is 3.88. The summed E-state index contributed by atoms with van der Waals surface area (Å²) in [6, 6.07) is 3.68. The van der Waals surface area contributed by atoms with E-state index in [0.29, 0.717) is 6.42 Å². The molecule has 0 spiro atoms. The predicted octanol–water partition coefficient (Wildman–Crippen LogP) is 1.78. The van der Waals surface area contributed by atoms with E-state index in [1.165, 1.54) is 0 Å². The average Bonchev–Trinajstić information content (AvgIpc) is 2.71. The molecule has 0 bridgehead atoms. The Morgan fingerprint density at radius 1 is 1.67 bits per heavy atom. The molecule has 82 valence electrons. The van der Waals surface area contributed by atoms with Crippen LogP contribution >= 0.6 is 0 Å². The summed E-state index contributed by atoms with van der Waals surface area (Å²) in [4.78, 5) is 12.1. The van der Waals surface area contributed by atoms with Crippen molar-refractivity contribution in [2.75, 3.05) is 13.1 Å². The molecule has 1 aliphatic heterocycles. The quantitative estimate of drug-likeness (QED) is 0.821. The maximum absolute atomic E-state index is 12.1. The summed E-state index contributed by atoms with van der Waals surface area (Å²) >= 11 is 0. The Kier molecular flexibility index (Phi) is 2.91. The summed E-state index contributed by atoms with van der Waals surface area (Å²) in [6.07, 6.45) is 4.11. The van der Waals surface area contributed by atoms with Crippen LogP contribution in [0.4, 0.5) is 0 Å². The molecule has 1 aromatic rings. The molecule has 1 atom stereocenters. The highest BCUT2D eigenvalue weighted by molar-refractivity contribution is 5.86. The maximum atomic E-state index is 12.1. The number of hydrogen-bond donors (Lipinski definition) is 1. The Bertz CT molecular complexity index is 323. The van der Waals surface area contributed by atoms with E-state index < -0.39 is 0 Å². The van der Waals surface area contributed by atoms with Crippen LogP contribution in [0.3, 0.4) is 0 Å². The molecule has 15 heavy (non-hydrogen) atoms. The van der Waals surface area contributed by atoms with Gasteiger partial charge in [-0.15, -0.1) is 0 Å². The van der Waals surface area contributed by atoms with Crippen molar-refractivity contribution in [1.29, 1.82) is 0 Å². The molecule has 2 rings (SSSR count). The zero-order chi connectivity index (χ0) is 10.7. The first-order valence-electron chi connectivity index (χ1n) is 5.47. The highest BCUT2D eigenvalue weighted by Crippen LogP contribution is 2.27. The Hall–Kier alpha value is -1.09. The number of Topliss-reactive ketones (excluding diaryl/α,β-unsaturated/α-hetero) is 1.